The van der Waals surface area contributed by atoms with E-state index in [-0.39, 0.29) is 28.9 Å². The van der Waals surface area contributed by atoms with Gasteiger partial charge in [0.05, 0.1) is 36.2 Å². The van der Waals surface area contributed by atoms with Gasteiger partial charge >= 0.3 is 5.97 Å². The second-order valence-corrected chi connectivity index (χ2v) is 5.98. The highest BCUT2D eigenvalue weighted by Gasteiger charge is 2.18. The summed E-state index contributed by atoms with van der Waals surface area (Å²) >= 11 is 0. The fourth-order valence-corrected chi connectivity index (χ4v) is 2.83. The Bertz CT molecular complexity index is 1090. The normalized spacial score (nSPS) is 12.2. The van der Waals surface area contributed by atoms with Crippen molar-refractivity contribution in [1.29, 1.82) is 0 Å². The molecule has 0 bridgehead atoms. The summed E-state index contributed by atoms with van der Waals surface area (Å²) in [5.41, 5.74) is -0.175. The number of hydrogen-bond donors (Lipinski definition) is 1. The molecule has 140 valence electrons. The van der Waals surface area contributed by atoms with Crippen LogP contribution in [0, 0.1) is 18.6 Å². The van der Waals surface area contributed by atoms with Gasteiger partial charge in [-0.05, 0) is 43.3 Å². The quantitative estimate of drug-likeness (QED) is 0.710. The summed E-state index contributed by atoms with van der Waals surface area (Å²) in [5.74, 6) is -1.77. The van der Waals surface area contributed by atoms with Crippen molar-refractivity contribution < 1.29 is 23.4 Å². The van der Waals surface area contributed by atoms with Crippen LogP contribution >= 0.6 is 0 Å². The summed E-state index contributed by atoms with van der Waals surface area (Å²) in [6.07, 6.45) is -1.44. The second-order valence-electron chi connectivity index (χ2n) is 5.98. The number of aryl methyl sites for hydroxylation is 1. The van der Waals surface area contributed by atoms with Gasteiger partial charge in [0.1, 0.15) is 17.5 Å². The molecule has 6 nitrogen and oxygen atoms in total. The summed E-state index contributed by atoms with van der Waals surface area (Å²) in [6.45, 7) is 1.24. The Morgan fingerprint density at radius 1 is 1.26 bits per heavy atom. The van der Waals surface area contributed by atoms with E-state index in [0.29, 0.717) is 5.52 Å². The zero-order valence-corrected chi connectivity index (χ0v) is 14.6. The van der Waals surface area contributed by atoms with Gasteiger partial charge in [0.15, 0.2) is 0 Å². The van der Waals surface area contributed by atoms with Crippen molar-refractivity contribution in [2.45, 2.75) is 19.6 Å². The number of methoxy groups -OCH3 is 1. The van der Waals surface area contributed by atoms with Crippen LogP contribution < -0.4 is 5.56 Å². The molecule has 0 amide bonds. The lowest BCUT2D eigenvalue weighted by Gasteiger charge is -2.16. The van der Waals surface area contributed by atoms with Gasteiger partial charge in [-0.3, -0.25) is 9.36 Å². The number of aliphatic hydroxyl groups excluding tert-OH is 1. The van der Waals surface area contributed by atoms with Crippen LogP contribution in [-0.2, 0) is 11.3 Å². The summed E-state index contributed by atoms with van der Waals surface area (Å²) in [6, 6.07) is 7.04. The van der Waals surface area contributed by atoms with E-state index in [1.807, 2.05) is 0 Å². The highest BCUT2D eigenvalue weighted by Crippen LogP contribution is 2.20. The SMILES string of the molecule is COC(=O)c1ccc2c(=O)n(C[C@@H](O)c3cc(F)ccc3F)c(C)nc2c1. The van der Waals surface area contributed by atoms with E-state index in [1.165, 1.54) is 29.9 Å². The van der Waals surface area contributed by atoms with Crippen LogP contribution in [0.25, 0.3) is 10.9 Å². The lowest BCUT2D eigenvalue weighted by molar-refractivity contribution is 0.0601. The predicted molar refractivity (Wildman–Crippen MR) is 93.4 cm³/mol. The first-order chi connectivity index (χ1) is 12.8. The van der Waals surface area contributed by atoms with Gasteiger partial charge in [-0.15, -0.1) is 0 Å². The molecule has 3 aromatic rings. The number of halogens is 2. The molecular weight excluding hydrogens is 358 g/mol. The van der Waals surface area contributed by atoms with Crippen molar-refractivity contribution in [2.75, 3.05) is 7.11 Å². The molecule has 0 saturated heterocycles. The molecule has 0 radical (unpaired) electrons. The third-order valence-electron chi connectivity index (χ3n) is 4.24. The maximum atomic E-state index is 13.9. The fraction of sp³-hybridized carbons (Fsp3) is 0.211. The minimum Gasteiger partial charge on any atom is -0.465 e. The third-order valence-corrected chi connectivity index (χ3v) is 4.24. The molecule has 2 aromatic carbocycles. The number of benzene rings is 2. The molecule has 8 heteroatoms. The number of aliphatic hydroxyl groups is 1. The van der Waals surface area contributed by atoms with Crippen LogP contribution in [0.1, 0.15) is 27.8 Å². The van der Waals surface area contributed by atoms with E-state index >= 15 is 0 Å². The Labute approximate surface area is 152 Å². The summed E-state index contributed by atoms with van der Waals surface area (Å²) in [5, 5.41) is 10.5. The van der Waals surface area contributed by atoms with E-state index in [2.05, 4.69) is 9.72 Å². The largest absolute Gasteiger partial charge is 0.465 e. The number of aromatic nitrogens is 2. The van der Waals surface area contributed by atoms with Crippen molar-refractivity contribution in [3.05, 3.63) is 75.3 Å². The molecule has 0 spiro atoms. The Morgan fingerprint density at radius 3 is 2.70 bits per heavy atom. The molecule has 0 aliphatic heterocycles. The molecule has 27 heavy (non-hydrogen) atoms. The van der Waals surface area contributed by atoms with Crippen molar-refractivity contribution in [1.82, 2.24) is 9.55 Å². The predicted octanol–water partition coefficient (Wildman–Crippen LogP) is 2.50. The van der Waals surface area contributed by atoms with Crippen molar-refractivity contribution in [3.63, 3.8) is 0 Å². The number of hydrogen-bond acceptors (Lipinski definition) is 5. The van der Waals surface area contributed by atoms with Gasteiger partial charge in [-0.1, -0.05) is 0 Å². The molecule has 1 heterocycles. The van der Waals surface area contributed by atoms with Gasteiger partial charge < -0.3 is 9.84 Å². The summed E-state index contributed by atoms with van der Waals surface area (Å²) < 4.78 is 33.0. The van der Waals surface area contributed by atoms with Crippen LogP contribution in [0.15, 0.2) is 41.2 Å². The van der Waals surface area contributed by atoms with E-state index in [9.17, 15) is 23.5 Å². The van der Waals surface area contributed by atoms with Crippen LogP contribution in [0.3, 0.4) is 0 Å². The molecular formula is C19H16F2N2O4. The number of ether oxygens (including phenoxy) is 1. The average molecular weight is 374 g/mol. The van der Waals surface area contributed by atoms with Gasteiger partial charge in [0, 0.05) is 5.56 Å². The molecule has 1 aromatic heterocycles. The number of carbonyl (C=O) groups excluding carboxylic acids is 1. The molecule has 3 rings (SSSR count). The smallest absolute Gasteiger partial charge is 0.337 e. The topological polar surface area (TPSA) is 81.4 Å². The molecule has 1 N–H and O–H groups in total. The standard InChI is InChI=1S/C19H16F2N2O4/c1-10-22-16-7-11(19(26)27-2)3-5-13(16)18(25)23(10)9-17(24)14-8-12(20)4-6-15(14)21/h3-8,17,24H,9H2,1-2H3/t17-/m1/s1. The third kappa shape index (κ3) is 3.56. The minimum absolute atomic E-state index is 0.222. The van der Waals surface area contributed by atoms with E-state index in [1.54, 1.807) is 6.92 Å². The maximum absolute atomic E-state index is 13.9. The fourth-order valence-electron chi connectivity index (χ4n) is 2.83. The maximum Gasteiger partial charge on any atom is 0.337 e. The number of fused-ring (bicyclic) bond motifs is 1. The van der Waals surface area contributed by atoms with Gasteiger partial charge in [0.2, 0.25) is 0 Å². The lowest BCUT2D eigenvalue weighted by atomic mass is 10.1. The zero-order valence-electron chi connectivity index (χ0n) is 14.6. The number of rotatable bonds is 4. The highest BCUT2D eigenvalue weighted by atomic mass is 19.1. The molecule has 0 unspecified atom stereocenters. The highest BCUT2D eigenvalue weighted by molar-refractivity contribution is 5.94. The van der Waals surface area contributed by atoms with Crippen molar-refractivity contribution in [3.8, 4) is 0 Å². The van der Waals surface area contributed by atoms with Crippen LogP contribution in [-0.4, -0.2) is 27.7 Å². The number of esters is 1. The summed E-state index contributed by atoms with van der Waals surface area (Å²) in [4.78, 5) is 28.6. The first-order valence-electron chi connectivity index (χ1n) is 8.04. The Balaban J connectivity index is 2.03. The van der Waals surface area contributed by atoms with Crippen molar-refractivity contribution >= 4 is 16.9 Å². The van der Waals surface area contributed by atoms with Gasteiger partial charge in [-0.2, -0.15) is 0 Å². The Morgan fingerprint density at radius 2 is 2.00 bits per heavy atom. The zero-order chi connectivity index (χ0) is 19.7. The van der Waals surface area contributed by atoms with Crippen LogP contribution in [0.2, 0.25) is 0 Å². The minimum atomic E-state index is -1.44. The monoisotopic (exact) mass is 374 g/mol. The number of carbonyl (C=O) groups is 1. The van der Waals surface area contributed by atoms with Crippen LogP contribution in [0.4, 0.5) is 8.78 Å². The molecule has 0 fully saturated rings. The Hall–Kier alpha value is -3.13. The average Bonchev–Trinajstić information content (AvgIpc) is 2.65. The van der Waals surface area contributed by atoms with E-state index < -0.39 is 29.3 Å². The van der Waals surface area contributed by atoms with Gasteiger partial charge in [0.25, 0.3) is 5.56 Å². The van der Waals surface area contributed by atoms with Gasteiger partial charge in [-0.25, -0.2) is 18.6 Å². The summed E-state index contributed by atoms with van der Waals surface area (Å²) in [7, 11) is 1.25. The molecule has 0 aliphatic carbocycles. The van der Waals surface area contributed by atoms with Crippen molar-refractivity contribution in [2.24, 2.45) is 0 Å². The molecule has 0 saturated carbocycles. The first-order valence-corrected chi connectivity index (χ1v) is 8.04. The lowest BCUT2D eigenvalue weighted by Crippen LogP contribution is -2.27. The number of nitrogens with zero attached hydrogens (tertiary/aromatic N) is 2. The van der Waals surface area contributed by atoms with E-state index in [4.69, 9.17) is 0 Å². The van der Waals surface area contributed by atoms with E-state index in [0.717, 1.165) is 18.2 Å². The molecule has 0 aliphatic rings. The van der Waals surface area contributed by atoms with Crippen LogP contribution in [0.5, 0.6) is 0 Å². The first kappa shape index (κ1) is 18.7. The molecule has 1 atom stereocenters. The second kappa shape index (κ2) is 7.24. The Kier molecular flexibility index (Phi) is 5.00.